The number of rotatable bonds is 8. The molecule has 1 spiro atoms. The van der Waals surface area contributed by atoms with E-state index in [4.69, 9.17) is 4.74 Å². The molecular weight excluding hydrogens is 432 g/mol. The van der Waals surface area contributed by atoms with Gasteiger partial charge in [0.25, 0.3) is 5.91 Å². The van der Waals surface area contributed by atoms with Crippen molar-refractivity contribution in [3.63, 3.8) is 0 Å². The number of benzene rings is 2. The van der Waals surface area contributed by atoms with E-state index in [9.17, 15) is 19.8 Å². The van der Waals surface area contributed by atoms with E-state index in [0.717, 1.165) is 6.41 Å². The first kappa shape index (κ1) is 24.1. The number of amides is 2. The molecule has 2 aromatic rings. The first-order valence-corrected chi connectivity index (χ1v) is 11.6. The number of hydrogen-bond donors (Lipinski definition) is 2. The van der Waals surface area contributed by atoms with Crippen molar-refractivity contribution in [1.29, 1.82) is 0 Å². The van der Waals surface area contributed by atoms with Crippen LogP contribution in [0.2, 0.25) is 0 Å². The molecule has 2 aliphatic heterocycles. The molecule has 2 heterocycles. The summed E-state index contributed by atoms with van der Waals surface area (Å²) in [4.78, 5) is 29.2. The van der Waals surface area contributed by atoms with Gasteiger partial charge in [-0.2, -0.15) is 0 Å². The zero-order chi connectivity index (χ0) is 24.7. The maximum Gasteiger partial charge on any atom is 0.264 e. The Labute approximate surface area is 200 Å². The van der Waals surface area contributed by atoms with Crippen LogP contribution in [-0.2, 0) is 19.9 Å². The number of para-hydroxylation sites is 1. The van der Waals surface area contributed by atoms with Crippen LogP contribution in [-0.4, -0.2) is 47.4 Å². The highest BCUT2D eigenvalue weighted by Gasteiger charge is 2.65. The lowest BCUT2D eigenvalue weighted by molar-refractivity contribution is -0.146. The quantitative estimate of drug-likeness (QED) is 0.461. The Balaban J connectivity index is 1.89. The van der Waals surface area contributed by atoms with Crippen molar-refractivity contribution in [3.8, 4) is 0 Å². The van der Waals surface area contributed by atoms with Crippen LogP contribution in [0.25, 0.3) is 0 Å². The van der Waals surface area contributed by atoms with Gasteiger partial charge in [0.05, 0.1) is 17.4 Å². The molecule has 7 heteroatoms. The number of carbonyl (C=O) groups excluding carboxylic acids is 2. The maximum absolute atomic E-state index is 14.0. The minimum atomic E-state index is -1.34. The Morgan fingerprint density at radius 2 is 1.91 bits per heavy atom. The molecule has 0 aliphatic carbocycles. The molecule has 7 nitrogen and oxygen atoms in total. The molecule has 4 rings (SSSR count). The van der Waals surface area contributed by atoms with Gasteiger partial charge in [-0.1, -0.05) is 31.2 Å². The van der Waals surface area contributed by atoms with Gasteiger partial charge in [0.15, 0.2) is 5.60 Å². The minimum Gasteiger partial charge on any atom is -0.396 e. The third kappa shape index (κ3) is 3.64. The third-order valence-electron chi connectivity index (χ3n) is 7.11. The Morgan fingerprint density at radius 3 is 2.50 bits per heavy atom. The van der Waals surface area contributed by atoms with Gasteiger partial charge in [-0.3, -0.25) is 14.5 Å². The number of aliphatic hydroxyl groups is 2. The largest absolute Gasteiger partial charge is 0.396 e. The average molecular weight is 465 g/mol. The van der Waals surface area contributed by atoms with Gasteiger partial charge in [0, 0.05) is 41.9 Å². The molecular formula is C27H32N2O5. The summed E-state index contributed by atoms with van der Waals surface area (Å²) in [5.74, 6) is -0.999. The summed E-state index contributed by atoms with van der Waals surface area (Å²) in [6.45, 7) is 9.32. The van der Waals surface area contributed by atoms with Crippen molar-refractivity contribution in [2.24, 2.45) is 11.8 Å². The van der Waals surface area contributed by atoms with Crippen LogP contribution in [0.4, 0.5) is 17.1 Å². The van der Waals surface area contributed by atoms with Crippen LogP contribution in [0.15, 0.2) is 61.2 Å². The lowest BCUT2D eigenvalue weighted by Crippen LogP contribution is -2.46. The third-order valence-corrected chi connectivity index (χ3v) is 7.11. The van der Waals surface area contributed by atoms with Crippen LogP contribution in [0.3, 0.4) is 0 Å². The Morgan fingerprint density at radius 1 is 1.21 bits per heavy atom. The van der Waals surface area contributed by atoms with Gasteiger partial charge in [0.2, 0.25) is 6.41 Å². The molecule has 0 bridgehead atoms. The van der Waals surface area contributed by atoms with Gasteiger partial charge in [0.1, 0.15) is 0 Å². The summed E-state index contributed by atoms with van der Waals surface area (Å²) in [7, 11) is 0. The van der Waals surface area contributed by atoms with E-state index in [2.05, 4.69) is 6.58 Å². The lowest BCUT2D eigenvalue weighted by Gasteiger charge is -2.34. The highest BCUT2D eigenvalue weighted by Crippen LogP contribution is 2.58. The van der Waals surface area contributed by atoms with Crippen LogP contribution < -0.4 is 9.80 Å². The van der Waals surface area contributed by atoms with Gasteiger partial charge in [-0.25, -0.2) is 0 Å². The van der Waals surface area contributed by atoms with Crippen LogP contribution >= 0.6 is 0 Å². The second-order valence-electron chi connectivity index (χ2n) is 9.59. The molecule has 0 radical (unpaired) electrons. The molecule has 2 aliphatic rings. The van der Waals surface area contributed by atoms with E-state index >= 15 is 0 Å². The number of anilines is 3. The van der Waals surface area contributed by atoms with Gasteiger partial charge in [-0.15, -0.1) is 6.58 Å². The first-order valence-electron chi connectivity index (χ1n) is 11.6. The first-order chi connectivity index (χ1) is 16.2. The topological polar surface area (TPSA) is 90.3 Å². The zero-order valence-corrected chi connectivity index (χ0v) is 19.8. The normalized spacial score (nSPS) is 26.1. The molecule has 1 saturated heterocycles. The van der Waals surface area contributed by atoms with Crippen LogP contribution in [0.1, 0.15) is 32.8 Å². The monoisotopic (exact) mass is 464 g/mol. The minimum absolute atomic E-state index is 0.121. The maximum atomic E-state index is 14.0. The number of ether oxygens (including phenoxy) is 1. The van der Waals surface area contributed by atoms with E-state index in [0.29, 0.717) is 35.6 Å². The molecule has 180 valence electrons. The van der Waals surface area contributed by atoms with Crippen molar-refractivity contribution in [1.82, 2.24) is 0 Å². The van der Waals surface area contributed by atoms with Gasteiger partial charge < -0.3 is 19.8 Å². The fraction of sp³-hybridized carbons (Fsp3) is 0.407. The fourth-order valence-electron chi connectivity index (χ4n) is 5.78. The lowest BCUT2D eigenvalue weighted by atomic mass is 9.71. The van der Waals surface area contributed by atoms with Crippen LogP contribution in [0.5, 0.6) is 0 Å². The predicted octanol–water partition coefficient (Wildman–Crippen LogP) is 3.51. The second-order valence-corrected chi connectivity index (χ2v) is 9.59. The van der Waals surface area contributed by atoms with Crippen LogP contribution in [0, 0.1) is 11.8 Å². The highest BCUT2D eigenvalue weighted by molar-refractivity contribution is 6.08. The SMILES string of the molecule is C=CCN1C(=O)[C@]2(O[C@H](CCO)[C@@H](C(C)(C)O)[C@@H]2C)c2cc(N(C=O)c3ccccc3)ccc21. The number of aliphatic hydroxyl groups excluding tert-OH is 1. The summed E-state index contributed by atoms with van der Waals surface area (Å²) >= 11 is 0. The second kappa shape index (κ2) is 8.98. The number of nitrogens with zero attached hydrogens (tertiary/aromatic N) is 2. The Bertz CT molecular complexity index is 1080. The van der Waals surface area contributed by atoms with E-state index in [1.807, 2.05) is 49.4 Å². The molecule has 0 aromatic heterocycles. The summed E-state index contributed by atoms with van der Waals surface area (Å²) in [6, 6.07) is 14.7. The van der Waals surface area contributed by atoms with Gasteiger partial charge >= 0.3 is 0 Å². The molecule has 1 fully saturated rings. The molecule has 2 amide bonds. The predicted molar refractivity (Wildman–Crippen MR) is 131 cm³/mol. The standard InChI is InChI=1S/C27H32N2O5/c1-5-14-28-22-12-11-20(29(17-31)19-9-7-6-8-10-19)16-21(22)27(25(28)32)18(2)24(26(3,4)33)23(34-27)13-15-30/h5-12,16-18,23-24,30,33H,1,13-15H2,2-4H3/t18-,23+,24-,27+/m0/s1. The highest BCUT2D eigenvalue weighted by atomic mass is 16.5. The molecule has 34 heavy (non-hydrogen) atoms. The molecule has 2 aromatic carbocycles. The molecule has 2 N–H and O–H groups in total. The van der Waals surface area contributed by atoms with E-state index < -0.39 is 17.3 Å². The van der Waals surface area contributed by atoms with Gasteiger partial charge in [-0.05, 0) is 50.6 Å². The Hall–Kier alpha value is -3.00. The molecule has 0 saturated carbocycles. The molecule has 4 atom stereocenters. The summed E-state index contributed by atoms with van der Waals surface area (Å²) in [5.41, 5.74) is 0.177. The van der Waals surface area contributed by atoms with Crippen molar-refractivity contribution in [2.75, 3.05) is 23.0 Å². The van der Waals surface area contributed by atoms with E-state index in [-0.39, 0.29) is 24.3 Å². The zero-order valence-electron chi connectivity index (χ0n) is 19.8. The van der Waals surface area contributed by atoms with Crippen molar-refractivity contribution >= 4 is 29.4 Å². The number of carbonyl (C=O) groups is 2. The fourth-order valence-corrected chi connectivity index (χ4v) is 5.78. The summed E-state index contributed by atoms with van der Waals surface area (Å²) in [6.07, 6.45) is 2.19. The average Bonchev–Trinajstić information content (AvgIpc) is 3.23. The summed E-state index contributed by atoms with van der Waals surface area (Å²) in [5, 5.41) is 20.7. The number of hydrogen-bond acceptors (Lipinski definition) is 5. The summed E-state index contributed by atoms with van der Waals surface area (Å²) < 4.78 is 6.54. The van der Waals surface area contributed by atoms with Crippen molar-refractivity contribution in [2.45, 2.75) is 44.5 Å². The van der Waals surface area contributed by atoms with Crippen molar-refractivity contribution < 1.29 is 24.5 Å². The number of fused-ring (bicyclic) bond motifs is 2. The molecule has 0 unspecified atom stereocenters. The van der Waals surface area contributed by atoms with Crippen molar-refractivity contribution in [3.05, 3.63) is 66.7 Å². The van der Waals surface area contributed by atoms with E-state index in [1.165, 1.54) is 4.90 Å². The van der Waals surface area contributed by atoms with E-state index in [1.54, 1.807) is 30.9 Å². The smallest absolute Gasteiger partial charge is 0.264 e. The Kier molecular flexibility index (Phi) is 6.38.